The van der Waals surface area contributed by atoms with Crippen molar-refractivity contribution in [3.8, 4) is 22.8 Å². The molecule has 0 amide bonds. The van der Waals surface area contributed by atoms with Gasteiger partial charge in [-0.05, 0) is 36.4 Å². The number of fused-ring (bicyclic) bond motifs is 1. The number of hydrogen-bond acceptors (Lipinski definition) is 5. The maximum atomic E-state index is 12.5. The van der Waals surface area contributed by atoms with E-state index in [0.717, 1.165) is 50.6 Å². The van der Waals surface area contributed by atoms with Crippen LogP contribution in [0.2, 0.25) is 0 Å². The van der Waals surface area contributed by atoms with Crippen molar-refractivity contribution in [2.75, 3.05) is 46.6 Å². The zero-order valence-corrected chi connectivity index (χ0v) is 17.7. The van der Waals surface area contributed by atoms with Gasteiger partial charge in [-0.2, -0.15) is 0 Å². The summed E-state index contributed by atoms with van der Waals surface area (Å²) < 4.78 is 22.5. The van der Waals surface area contributed by atoms with Crippen LogP contribution in [-0.2, 0) is 4.74 Å². The van der Waals surface area contributed by atoms with Gasteiger partial charge in [0, 0.05) is 24.1 Å². The Hall–Kier alpha value is -2.54. The van der Waals surface area contributed by atoms with Gasteiger partial charge >= 0.3 is 0 Å². The van der Waals surface area contributed by atoms with Crippen molar-refractivity contribution in [1.29, 1.82) is 0 Å². The Balaban J connectivity index is 0.00000256. The fraction of sp³-hybridized carbons (Fsp3) is 0.348. The molecule has 4 rings (SSSR count). The summed E-state index contributed by atoms with van der Waals surface area (Å²) in [6, 6.07) is 14.3. The molecule has 0 spiro atoms. The molecule has 0 saturated carbocycles. The van der Waals surface area contributed by atoms with Crippen LogP contribution in [0.4, 0.5) is 0 Å². The molecule has 7 heteroatoms. The minimum Gasteiger partial charge on any atom is -1.00 e. The van der Waals surface area contributed by atoms with Crippen LogP contribution in [0.1, 0.15) is 6.42 Å². The Bertz CT molecular complexity index is 1010. The number of morpholine rings is 1. The Kier molecular flexibility index (Phi) is 7.74. The molecule has 2 heterocycles. The van der Waals surface area contributed by atoms with Gasteiger partial charge in [0.25, 0.3) is 0 Å². The van der Waals surface area contributed by atoms with E-state index in [1.54, 1.807) is 24.1 Å². The van der Waals surface area contributed by atoms with Gasteiger partial charge in [-0.15, -0.1) is 0 Å². The Morgan fingerprint density at radius 2 is 1.73 bits per heavy atom. The fourth-order valence-corrected chi connectivity index (χ4v) is 3.54. The van der Waals surface area contributed by atoms with E-state index in [-0.39, 0.29) is 17.8 Å². The number of methoxy groups -OCH3 is 1. The molecule has 6 nitrogen and oxygen atoms in total. The zero-order valence-electron chi connectivity index (χ0n) is 17.0. The molecule has 30 heavy (non-hydrogen) atoms. The largest absolute Gasteiger partial charge is 1.00 e. The predicted molar refractivity (Wildman–Crippen MR) is 111 cm³/mol. The van der Waals surface area contributed by atoms with Crippen LogP contribution in [0.15, 0.2) is 57.7 Å². The van der Waals surface area contributed by atoms with Crippen LogP contribution in [0.5, 0.6) is 11.5 Å². The van der Waals surface area contributed by atoms with Crippen molar-refractivity contribution in [3.63, 3.8) is 0 Å². The van der Waals surface area contributed by atoms with Gasteiger partial charge in [0.15, 0.2) is 5.43 Å². The molecule has 160 valence electrons. The summed E-state index contributed by atoms with van der Waals surface area (Å²) in [5, 5.41) is 0.548. The smallest absolute Gasteiger partial charge is 0.193 e. The summed E-state index contributed by atoms with van der Waals surface area (Å²) in [6.07, 6.45) is 0.975. The molecule has 1 saturated heterocycles. The lowest BCUT2D eigenvalue weighted by atomic mass is 10.1. The highest BCUT2D eigenvalue weighted by molar-refractivity contribution is 5.80. The first kappa shape index (κ1) is 22.2. The topological polar surface area (TPSA) is 62.3 Å². The number of hydrogen-bond donors (Lipinski definition) is 1. The van der Waals surface area contributed by atoms with Gasteiger partial charge in [0.2, 0.25) is 0 Å². The fourth-order valence-electron chi connectivity index (χ4n) is 3.54. The van der Waals surface area contributed by atoms with E-state index >= 15 is 0 Å². The molecule has 1 N–H and O–H groups in total. The maximum Gasteiger partial charge on any atom is 0.193 e. The second kappa shape index (κ2) is 10.5. The van der Waals surface area contributed by atoms with Crippen LogP contribution in [0.3, 0.4) is 0 Å². The van der Waals surface area contributed by atoms with Crippen molar-refractivity contribution in [3.05, 3.63) is 58.8 Å². The molecular weight excluding hydrogens is 406 g/mol. The standard InChI is InChI=1S/C23H25NO5.ClH/c1-26-18-5-3-17(4-6-18)22-16-21(25)20-8-7-19(15-23(20)29-22)28-12-2-9-24-10-13-27-14-11-24;/h3-8,15-16H,2,9-14H2,1H3;1H. The predicted octanol–water partition coefficient (Wildman–Crippen LogP) is -0.843. The number of quaternary nitrogens is 1. The van der Waals surface area contributed by atoms with E-state index < -0.39 is 0 Å². The van der Waals surface area contributed by atoms with Gasteiger partial charge in [-0.25, -0.2) is 0 Å². The highest BCUT2D eigenvalue weighted by Crippen LogP contribution is 2.26. The first-order valence-corrected chi connectivity index (χ1v) is 9.99. The van der Waals surface area contributed by atoms with E-state index in [1.165, 1.54) is 6.07 Å². The highest BCUT2D eigenvalue weighted by Gasteiger charge is 2.13. The van der Waals surface area contributed by atoms with Gasteiger partial charge < -0.3 is 35.9 Å². The third-order valence-corrected chi connectivity index (χ3v) is 5.22. The highest BCUT2D eigenvalue weighted by atomic mass is 35.5. The SMILES string of the molecule is COc1ccc(-c2cc(=O)c3ccc(OCCC[NH+]4CCOCC4)cc3o2)cc1.[Cl-]. The average Bonchev–Trinajstić information content (AvgIpc) is 2.77. The molecule has 3 aromatic rings. The van der Waals surface area contributed by atoms with E-state index in [9.17, 15) is 4.79 Å². The molecule has 2 aromatic carbocycles. The van der Waals surface area contributed by atoms with Crippen LogP contribution in [0.25, 0.3) is 22.3 Å². The summed E-state index contributed by atoms with van der Waals surface area (Å²) in [6.45, 7) is 5.53. The van der Waals surface area contributed by atoms with E-state index in [2.05, 4.69) is 0 Å². The molecule has 0 radical (unpaired) electrons. The van der Waals surface area contributed by atoms with Gasteiger partial charge in [0.1, 0.15) is 35.9 Å². The first-order chi connectivity index (χ1) is 14.2. The number of benzene rings is 2. The maximum absolute atomic E-state index is 12.5. The molecule has 0 atom stereocenters. The second-order valence-electron chi connectivity index (χ2n) is 7.18. The average molecular weight is 432 g/mol. The minimum atomic E-state index is -0.0699. The molecule has 0 aliphatic carbocycles. The van der Waals surface area contributed by atoms with Crippen molar-refractivity contribution >= 4 is 11.0 Å². The summed E-state index contributed by atoms with van der Waals surface area (Å²) >= 11 is 0. The van der Waals surface area contributed by atoms with Crippen LogP contribution < -0.4 is 32.2 Å². The number of rotatable bonds is 7. The molecule has 1 aliphatic rings. The molecule has 1 aromatic heterocycles. The Labute approximate surface area is 181 Å². The van der Waals surface area contributed by atoms with E-state index in [4.69, 9.17) is 18.6 Å². The first-order valence-electron chi connectivity index (χ1n) is 9.99. The van der Waals surface area contributed by atoms with E-state index in [1.807, 2.05) is 30.3 Å². The second-order valence-corrected chi connectivity index (χ2v) is 7.18. The van der Waals surface area contributed by atoms with Crippen molar-refractivity contribution in [1.82, 2.24) is 0 Å². The number of nitrogens with one attached hydrogen (secondary N) is 1. The number of ether oxygens (including phenoxy) is 3. The van der Waals surface area contributed by atoms with Gasteiger partial charge in [0.05, 0.1) is 38.9 Å². The Morgan fingerprint density at radius 1 is 1.00 bits per heavy atom. The molecular formula is C23H26ClNO5. The zero-order chi connectivity index (χ0) is 20.1. The van der Waals surface area contributed by atoms with Crippen LogP contribution in [0, 0.1) is 0 Å². The lowest BCUT2D eigenvalue weighted by Crippen LogP contribution is -3.14. The van der Waals surface area contributed by atoms with Gasteiger partial charge in [-0.1, -0.05) is 0 Å². The third-order valence-electron chi connectivity index (χ3n) is 5.22. The van der Waals surface area contributed by atoms with E-state index in [0.29, 0.717) is 29.1 Å². The summed E-state index contributed by atoms with van der Waals surface area (Å²) in [5.74, 6) is 1.99. The van der Waals surface area contributed by atoms with Crippen LogP contribution >= 0.6 is 0 Å². The lowest BCUT2D eigenvalue weighted by molar-refractivity contribution is -0.908. The summed E-state index contributed by atoms with van der Waals surface area (Å²) in [4.78, 5) is 14.1. The monoisotopic (exact) mass is 431 g/mol. The normalized spacial score (nSPS) is 14.3. The third kappa shape index (κ3) is 5.33. The summed E-state index contributed by atoms with van der Waals surface area (Å²) in [7, 11) is 1.62. The molecule has 1 aliphatic heterocycles. The number of halogens is 1. The minimum absolute atomic E-state index is 0. The van der Waals surface area contributed by atoms with Gasteiger partial charge in [-0.3, -0.25) is 4.79 Å². The quantitative estimate of drug-likeness (QED) is 0.494. The van der Waals surface area contributed by atoms with Crippen LogP contribution in [-0.4, -0.2) is 46.6 Å². The summed E-state index contributed by atoms with van der Waals surface area (Å²) in [5.41, 5.74) is 1.28. The molecule has 0 bridgehead atoms. The molecule has 1 fully saturated rings. The molecule has 0 unspecified atom stereocenters. The van der Waals surface area contributed by atoms with Crippen molar-refractivity contribution in [2.45, 2.75) is 6.42 Å². The lowest BCUT2D eigenvalue weighted by Gasteiger charge is -2.23. The van der Waals surface area contributed by atoms with Crippen molar-refractivity contribution in [2.24, 2.45) is 0 Å². The van der Waals surface area contributed by atoms with Crippen molar-refractivity contribution < 1.29 is 35.9 Å². The Morgan fingerprint density at radius 3 is 2.47 bits per heavy atom.